The zero-order valence-electron chi connectivity index (χ0n) is 19.0. The van der Waals surface area contributed by atoms with E-state index in [9.17, 15) is 39.9 Å². The maximum atomic E-state index is 12.9. The second-order valence-electron chi connectivity index (χ2n) is 9.81. The van der Waals surface area contributed by atoms with Crippen molar-refractivity contribution in [3.05, 3.63) is 40.2 Å². The minimum Gasteiger partial charge on any atom is -0.508 e. The van der Waals surface area contributed by atoms with Gasteiger partial charge in [0.1, 0.15) is 17.1 Å². The summed E-state index contributed by atoms with van der Waals surface area (Å²) in [6.45, 7) is 2.04. The highest BCUT2D eigenvalue weighted by Gasteiger charge is 2.62. The maximum Gasteiger partial charge on any atom is 0.255 e. The van der Waals surface area contributed by atoms with Crippen LogP contribution < -0.4 is 5.73 Å². The first-order valence-corrected chi connectivity index (χ1v) is 11.8. The number of hydrogen-bond donors (Lipinski definition) is 6. The molecule has 1 aromatic rings. The Morgan fingerprint density at radius 2 is 1.85 bits per heavy atom. The molecule has 0 aliphatic heterocycles. The third-order valence-electron chi connectivity index (χ3n) is 7.91. The number of phenols is 1. The molecule has 4 rings (SSSR count). The summed E-state index contributed by atoms with van der Waals surface area (Å²) in [4.78, 5) is 37.1. The number of fused-ring (bicyclic) bond motifs is 3. The number of phenolic OH excluding ortho intramolecular Hbond substituents is 1. The molecule has 7 N–H and O–H groups in total. The molecule has 6 atom stereocenters. The average Bonchev–Trinajstić information content (AvgIpc) is 2.76. The molecule has 0 aromatic heterocycles. The Morgan fingerprint density at radius 3 is 2.50 bits per heavy atom. The molecule has 1 aromatic carbocycles. The Balaban J connectivity index is 1.76. The Kier molecular flexibility index (Phi) is 6.30. The largest absolute Gasteiger partial charge is 0.508 e. The summed E-state index contributed by atoms with van der Waals surface area (Å²) in [6, 6.07) is 2.88. The highest BCUT2D eigenvalue weighted by atomic mass is 16.4. The van der Waals surface area contributed by atoms with Crippen LogP contribution in [0.3, 0.4) is 0 Å². The van der Waals surface area contributed by atoms with Crippen LogP contribution in [0.4, 0.5) is 0 Å². The molecular weight excluding hydrogens is 442 g/mol. The van der Waals surface area contributed by atoms with E-state index in [2.05, 4.69) is 0 Å². The van der Waals surface area contributed by atoms with Gasteiger partial charge in [-0.1, -0.05) is 19.8 Å². The SMILES string of the molecule is CCCCCC(=O)c1ccc(O)c2c1C[C@H]1C[C@H]3CC(=O)C(C(N)=O)=C(O)[C@@]3(O)C(O)C1C2O. The third-order valence-corrected chi connectivity index (χ3v) is 7.91. The summed E-state index contributed by atoms with van der Waals surface area (Å²) < 4.78 is 0. The highest BCUT2D eigenvalue weighted by Crippen LogP contribution is 2.56. The van der Waals surface area contributed by atoms with Crippen LogP contribution in [-0.4, -0.2) is 54.7 Å². The summed E-state index contributed by atoms with van der Waals surface area (Å²) in [6.07, 6.45) is -0.170. The Hall–Kier alpha value is -2.75. The van der Waals surface area contributed by atoms with E-state index in [1.54, 1.807) is 6.07 Å². The number of rotatable bonds is 6. The molecule has 0 radical (unpaired) electrons. The lowest BCUT2D eigenvalue weighted by molar-refractivity contribution is -0.198. The molecule has 0 heterocycles. The lowest BCUT2D eigenvalue weighted by Gasteiger charge is -2.54. The number of aliphatic hydroxyl groups is 4. The molecule has 0 spiro atoms. The highest BCUT2D eigenvalue weighted by molar-refractivity contribution is 6.20. The molecule has 0 bridgehead atoms. The number of ketones is 2. The number of primary amides is 1. The molecule has 0 saturated heterocycles. The van der Waals surface area contributed by atoms with Crippen LogP contribution in [-0.2, 0) is 16.0 Å². The van der Waals surface area contributed by atoms with Crippen LogP contribution in [0.15, 0.2) is 23.5 Å². The van der Waals surface area contributed by atoms with Gasteiger partial charge in [-0.25, -0.2) is 0 Å². The van der Waals surface area contributed by atoms with Crippen molar-refractivity contribution in [1.29, 1.82) is 0 Å². The molecule has 1 saturated carbocycles. The van der Waals surface area contributed by atoms with Crippen LogP contribution in [0, 0.1) is 17.8 Å². The minimum absolute atomic E-state index is 0.0947. The van der Waals surface area contributed by atoms with Gasteiger partial charge in [-0.15, -0.1) is 0 Å². The van der Waals surface area contributed by atoms with E-state index in [0.717, 1.165) is 19.3 Å². The van der Waals surface area contributed by atoms with Gasteiger partial charge in [0.15, 0.2) is 17.2 Å². The van der Waals surface area contributed by atoms with Crippen molar-refractivity contribution in [2.75, 3.05) is 0 Å². The standard InChI is InChI=1S/C25H31NO8/c1-2-3-4-5-15(27)13-6-7-16(28)19-14(13)9-11-8-12-10-17(29)20(24(26)33)23(32)25(12,34)22(31)18(11)21(19)30/h6-7,11-12,18,21-22,28,30-32,34H,2-5,8-10H2,1H3,(H2,26,33)/t11-,12+,18?,21?,22?,25+/m1/s1. The van der Waals surface area contributed by atoms with E-state index in [-0.39, 0.29) is 36.4 Å². The van der Waals surface area contributed by atoms with Crippen molar-refractivity contribution in [3.63, 3.8) is 0 Å². The zero-order chi connectivity index (χ0) is 24.9. The predicted molar refractivity (Wildman–Crippen MR) is 120 cm³/mol. The van der Waals surface area contributed by atoms with E-state index < -0.39 is 58.6 Å². The van der Waals surface area contributed by atoms with Gasteiger partial charge in [0.05, 0.1) is 12.2 Å². The number of nitrogens with two attached hydrogens (primary N) is 1. The van der Waals surface area contributed by atoms with Gasteiger partial charge in [-0.3, -0.25) is 14.4 Å². The van der Waals surface area contributed by atoms with Crippen molar-refractivity contribution >= 4 is 17.5 Å². The lowest BCUT2D eigenvalue weighted by atomic mass is 9.54. The summed E-state index contributed by atoms with van der Waals surface area (Å²) >= 11 is 0. The number of benzene rings is 1. The maximum absolute atomic E-state index is 12.9. The van der Waals surface area contributed by atoms with Gasteiger partial charge in [0.25, 0.3) is 5.91 Å². The first kappa shape index (κ1) is 24.4. The van der Waals surface area contributed by atoms with Crippen molar-refractivity contribution in [2.24, 2.45) is 23.5 Å². The monoisotopic (exact) mass is 473 g/mol. The summed E-state index contributed by atoms with van der Waals surface area (Å²) in [5.41, 5.74) is 3.17. The summed E-state index contributed by atoms with van der Waals surface area (Å²) in [5.74, 6) is -5.60. The first-order valence-electron chi connectivity index (χ1n) is 11.8. The number of Topliss-reactive ketones (excluding diaryl/α,β-unsaturated/α-hetero) is 2. The number of aromatic hydroxyl groups is 1. The van der Waals surface area contributed by atoms with Gasteiger partial charge < -0.3 is 31.3 Å². The van der Waals surface area contributed by atoms with Crippen molar-refractivity contribution in [3.8, 4) is 5.75 Å². The van der Waals surface area contributed by atoms with Crippen molar-refractivity contribution in [2.45, 2.75) is 69.7 Å². The molecular formula is C25H31NO8. The number of carbonyl (C=O) groups is 3. The second kappa shape index (κ2) is 8.79. The van der Waals surface area contributed by atoms with Gasteiger partial charge in [-0.05, 0) is 42.9 Å². The fourth-order valence-corrected chi connectivity index (χ4v) is 6.22. The Labute approximate surface area is 196 Å². The molecule has 3 unspecified atom stereocenters. The van der Waals surface area contributed by atoms with Crippen LogP contribution >= 0.6 is 0 Å². The summed E-state index contributed by atoms with van der Waals surface area (Å²) in [5, 5.41) is 55.0. The van der Waals surface area contributed by atoms with E-state index >= 15 is 0 Å². The fourth-order valence-electron chi connectivity index (χ4n) is 6.22. The molecule has 34 heavy (non-hydrogen) atoms. The van der Waals surface area contributed by atoms with Gasteiger partial charge in [0.2, 0.25) is 0 Å². The Bertz CT molecular complexity index is 1080. The van der Waals surface area contributed by atoms with Gasteiger partial charge >= 0.3 is 0 Å². The molecule has 1 amide bonds. The molecule has 9 heteroatoms. The van der Waals surface area contributed by atoms with Gasteiger partial charge in [-0.2, -0.15) is 0 Å². The summed E-state index contributed by atoms with van der Waals surface area (Å²) in [7, 11) is 0. The van der Waals surface area contributed by atoms with Gasteiger partial charge in [0, 0.05) is 35.8 Å². The van der Waals surface area contributed by atoms with Crippen molar-refractivity contribution in [1.82, 2.24) is 0 Å². The molecule has 3 aliphatic carbocycles. The van der Waals surface area contributed by atoms with Crippen LogP contribution in [0.1, 0.15) is 73.0 Å². The minimum atomic E-state index is -2.35. The number of aliphatic hydroxyl groups excluding tert-OH is 3. The quantitative estimate of drug-likeness (QED) is 0.204. The second-order valence-corrected chi connectivity index (χ2v) is 9.81. The third kappa shape index (κ3) is 3.54. The smallest absolute Gasteiger partial charge is 0.255 e. The average molecular weight is 474 g/mol. The zero-order valence-corrected chi connectivity index (χ0v) is 19.0. The van der Waals surface area contributed by atoms with Crippen molar-refractivity contribution < 1.29 is 39.9 Å². The van der Waals surface area contributed by atoms with Crippen LogP contribution in [0.25, 0.3) is 0 Å². The van der Waals surface area contributed by atoms with E-state index in [1.165, 1.54) is 6.07 Å². The number of unbranched alkanes of at least 4 members (excludes halogenated alkanes) is 2. The predicted octanol–water partition coefficient (Wildman–Crippen LogP) is 1.36. The van der Waals surface area contributed by atoms with E-state index in [4.69, 9.17) is 5.73 Å². The van der Waals surface area contributed by atoms with E-state index in [1.807, 2.05) is 6.92 Å². The molecule has 9 nitrogen and oxygen atoms in total. The number of hydrogen-bond acceptors (Lipinski definition) is 8. The topological polar surface area (TPSA) is 178 Å². The normalized spacial score (nSPS) is 32.6. The van der Waals surface area contributed by atoms with E-state index in [0.29, 0.717) is 17.5 Å². The number of carbonyl (C=O) groups excluding carboxylic acids is 3. The number of amides is 1. The first-order chi connectivity index (χ1) is 16.0. The molecule has 3 aliphatic rings. The molecule has 184 valence electrons. The van der Waals surface area contributed by atoms with Crippen LogP contribution in [0.2, 0.25) is 0 Å². The Morgan fingerprint density at radius 1 is 1.15 bits per heavy atom. The van der Waals surface area contributed by atoms with Crippen LogP contribution in [0.5, 0.6) is 5.75 Å². The fraction of sp³-hybridized carbons (Fsp3) is 0.560. The molecule has 1 fully saturated rings. The lowest BCUT2D eigenvalue weighted by Crippen LogP contribution is -2.64.